The molecule has 3 N–H and O–H groups in total. The third-order valence-corrected chi connectivity index (χ3v) is 5.23. The van der Waals surface area contributed by atoms with Crippen LogP contribution in [0, 0.1) is 0 Å². The molecule has 0 radical (unpaired) electrons. The van der Waals surface area contributed by atoms with Crippen LogP contribution in [-0.4, -0.2) is 40.2 Å². The second-order valence-electron chi connectivity index (χ2n) is 5.36. The maximum absolute atomic E-state index is 11.4. The number of phenols is 1. The van der Waals surface area contributed by atoms with Gasteiger partial charge in [-0.15, -0.1) is 5.11 Å². The Hall–Kier alpha value is -2.38. The fraction of sp³-hybridized carbons (Fsp3) is 0.200. The number of rotatable bonds is 7. The van der Waals surface area contributed by atoms with Crippen LogP contribution in [0.3, 0.4) is 0 Å². The summed E-state index contributed by atoms with van der Waals surface area (Å²) >= 11 is 6.80. The third kappa shape index (κ3) is 4.36. The van der Waals surface area contributed by atoms with Crippen molar-refractivity contribution in [1.29, 1.82) is 0 Å². The molecular formula is C15H14ClN5O5S2. The number of nitrogens with zero attached hydrogens (tertiary/aromatic N) is 4. The van der Waals surface area contributed by atoms with Crippen LogP contribution in [0.5, 0.6) is 5.75 Å². The first-order valence-electron chi connectivity index (χ1n) is 7.80. The fourth-order valence-corrected chi connectivity index (χ4v) is 3.71. The number of halogens is 1. The van der Waals surface area contributed by atoms with Gasteiger partial charge < -0.3 is 15.2 Å². The minimum Gasteiger partial charge on any atom is -0.504 e. The topological polar surface area (TPSA) is 146 Å². The molecule has 0 atom stereocenters. The van der Waals surface area contributed by atoms with E-state index in [1.54, 1.807) is 0 Å². The summed E-state index contributed by atoms with van der Waals surface area (Å²) in [6, 6.07) is 5.46. The molecule has 3 aromatic rings. The molecule has 10 nitrogen and oxygen atoms in total. The molecule has 0 amide bonds. The van der Waals surface area contributed by atoms with Gasteiger partial charge in [0.25, 0.3) is 10.1 Å². The summed E-state index contributed by atoms with van der Waals surface area (Å²) < 4.78 is 45.2. The van der Waals surface area contributed by atoms with Crippen molar-refractivity contribution in [2.45, 2.75) is 11.8 Å². The van der Waals surface area contributed by atoms with Crippen molar-refractivity contribution in [2.24, 2.45) is 10.2 Å². The molecule has 0 unspecified atom stereocenters. The van der Waals surface area contributed by atoms with Gasteiger partial charge in [-0.25, -0.2) is 0 Å². The number of phenolic OH excluding ortho intramolecular Hbond substituents is 1. The lowest BCUT2D eigenvalue weighted by atomic mass is 10.2. The Labute approximate surface area is 168 Å². The number of nitrogens with one attached hydrogen (secondary N) is 1. The number of ether oxygens (including phenoxy) is 1. The van der Waals surface area contributed by atoms with E-state index in [0.29, 0.717) is 18.0 Å². The highest BCUT2D eigenvalue weighted by Crippen LogP contribution is 2.37. The van der Waals surface area contributed by atoms with Gasteiger partial charge in [0.1, 0.15) is 28.3 Å². The lowest BCUT2D eigenvalue weighted by molar-refractivity contribution is 0.166. The highest BCUT2D eigenvalue weighted by atomic mass is 35.5. The molecule has 148 valence electrons. The quantitative estimate of drug-likeness (QED) is 0.162. The van der Waals surface area contributed by atoms with E-state index in [1.807, 2.05) is 6.92 Å². The van der Waals surface area contributed by atoms with Crippen LogP contribution in [0.15, 0.2) is 39.4 Å². The molecule has 28 heavy (non-hydrogen) atoms. The van der Waals surface area contributed by atoms with Crippen molar-refractivity contribution >= 4 is 61.5 Å². The van der Waals surface area contributed by atoms with Crippen LogP contribution < -0.4 is 5.32 Å². The molecule has 0 fully saturated rings. The normalized spacial score (nSPS) is 12.1. The van der Waals surface area contributed by atoms with E-state index in [9.17, 15) is 18.1 Å². The molecule has 1 aromatic heterocycles. The Kier molecular flexibility index (Phi) is 6.05. The first kappa shape index (κ1) is 20.4. The summed E-state index contributed by atoms with van der Waals surface area (Å²) in [7, 11) is -4.44. The Balaban J connectivity index is 1.95. The maximum atomic E-state index is 11.4. The van der Waals surface area contributed by atoms with Gasteiger partial charge in [0.15, 0.2) is 5.75 Å². The van der Waals surface area contributed by atoms with Crippen LogP contribution >= 0.6 is 23.3 Å². The average Bonchev–Trinajstić information content (AvgIpc) is 3.12. The van der Waals surface area contributed by atoms with Crippen molar-refractivity contribution in [1.82, 2.24) is 8.75 Å². The summed E-state index contributed by atoms with van der Waals surface area (Å²) in [6.45, 7) is 2.50. The number of aromatic nitrogens is 2. The summed E-state index contributed by atoms with van der Waals surface area (Å²) in [5.41, 5.74) is 1.09. The van der Waals surface area contributed by atoms with E-state index in [2.05, 4.69) is 24.3 Å². The van der Waals surface area contributed by atoms with Crippen molar-refractivity contribution in [3.05, 3.63) is 29.3 Å². The largest absolute Gasteiger partial charge is 0.504 e. The molecule has 2 aromatic carbocycles. The lowest BCUT2D eigenvalue weighted by Gasteiger charge is -2.10. The summed E-state index contributed by atoms with van der Waals surface area (Å²) in [5, 5.41) is 21.1. The van der Waals surface area contributed by atoms with Crippen LogP contribution in [0.25, 0.3) is 11.0 Å². The molecule has 0 saturated heterocycles. The van der Waals surface area contributed by atoms with Gasteiger partial charge in [0.05, 0.1) is 28.1 Å². The van der Waals surface area contributed by atoms with Gasteiger partial charge in [-0.1, -0.05) is 11.6 Å². The zero-order valence-corrected chi connectivity index (χ0v) is 16.7. The Morgan fingerprint density at radius 3 is 2.71 bits per heavy atom. The van der Waals surface area contributed by atoms with Crippen molar-refractivity contribution < 1.29 is 22.8 Å². The van der Waals surface area contributed by atoms with Crippen LogP contribution in [0.1, 0.15) is 6.92 Å². The van der Waals surface area contributed by atoms with Crippen LogP contribution in [0.2, 0.25) is 5.02 Å². The van der Waals surface area contributed by atoms with Gasteiger partial charge in [0, 0.05) is 6.61 Å². The summed E-state index contributed by atoms with van der Waals surface area (Å²) in [6.07, 6.45) is 0. The predicted octanol–water partition coefficient (Wildman–Crippen LogP) is 4.12. The van der Waals surface area contributed by atoms with E-state index < -0.39 is 10.1 Å². The number of hydrogen-bond acceptors (Lipinski definition) is 10. The average molecular weight is 444 g/mol. The van der Waals surface area contributed by atoms with Gasteiger partial charge in [-0.05, 0) is 31.2 Å². The Bertz CT molecular complexity index is 1150. The van der Waals surface area contributed by atoms with E-state index in [1.165, 1.54) is 24.3 Å². The lowest BCUT2D eigenvalue weighted by Crippen LogP contribution is -2.05. The molecule has 1 heterocycles. The fourth-order valence-electron chi connectivity index (χ4n) is 2.24. The van der Waals surface area contributed by atoms with Gasteiger partial charge in [0.2, 0.25) is 0 Å². The molecule has 0 aliphatic heterocycles. The summed E-state index contributed by atoms with van der Waals surface area (Å²) in [4.78, 5) is -0.356. The van der Waals surface area contributed by atoms with Crippen molar-refractivity contribution in [3.8, 4) is 5.75 Å². The number of aromatic hydroxyl groups is 1. The van der Waals surface area contributed by atoms with Gasteiger partial charge in [-0.3, -0.25) is 4.55 Å². The van der Waals surface area contributed by atoms with E-state index in [0.717, 1.165) is 11.7 Å². The monoisotopic (exact) mass is 443 g/mol. The smallest absolute Gasteiger partial charge is 0.296 e. The van der Waals surface area contributed by atoms with Crippen LogP contribution in [0.4, 0.5) is 17.1 Å². The first-order valence-corrected chi connectivity index (χ1v) is 10.3. The van der Waals surface area contributed by atoms with Crippen molar-refractivity contribution in [3.63, 3.8) is 0 Å². The minimum absolute atomic E-state index is 0.00626. The standard InChI is InChI=1S/C15H14ClN5O5S2/c1-2-26-7-17-11-6-8(5-9(16)15(11)22)18-19-10-3-4-12(28(23,24)25)14-13(10)20-27-21-14/h3-6,17,22H,2,7H2,1H3,(H,23,24,25). The SMILES string of the molecule is CCOCNc1cc(N=Nc2ccc(S(=O)(=O)O)c3nsnc23)cc(Cl)c1O. The second-order valence-corrected chi connectivity index (χ2v) is 7.68. The Morgan fingerprint density at radius 1 is 1.25 bits per heavy atom. The second kappa shape index (κ2) is 8.32. The highest BCUT2D eigenvalue weighted by molar-refractivity contribution is 7.86. The number of hydrogen-bond donors (Lipinski definition) is 3. The van der Waals surface area contributed by atoms with E-state index in [4.69, 9.17) is 16.3 Å². The maximum Gasteiger partial charge on any atom is 0.296 e. The van der Waals surface area contributed by atoms with E-state index in [-0.39, 0.29) is 39.1 Å². The molecule has 0 saturated carbocycles. The molecule has 0 aliphatic carbocycles. The zero-order chi connectivity index (χ0) is 20.3. The number of benzene rings is 2. The number of anilines is 1. The molecule has 0 spiro atoms. The van der Waals surface area contributed by atoms with E-state index >= 15 is 0 Å². The van der Waals surface area contributed by atoms with Gasteiger partial charge >= 0.3 is 0 Å². The highest BCUT2D eigenvalue weighted by Gasteiger charge is 2.19. The third-order valence-electron chi connectivity index (χ3n) is 3.53. The summed E-state index contributed by atoms with van der Waals surface area (Å²) in [5.74, 6) is -0.149. The number of azo groups is 1. The molecule has 0 bridgehead atoms. The van der Waals surface area contributed by atoms with Crippen molar-refractivity contribution in [2.75, 3.05) is 18.7 Å². The molecule has 0 aliphatic rings. The molecule has 3 rings (SSSR count). The van der Waals surface area contributed by atoms with Crippen LogP contribution in [-0.2, 0) is 14.9 Å². The number of fused-ring (bicyclic) bond motifs is 1. The minimum atomic E-state index is -4.44. The van der Waals surface area contributed by atoms with Gasteiger partial charge in [-0.2, -0.15) is 22.3 Å². The first-order chi connectivity index (χ1) is 13.3. The Morgan fingerprint density at radius 2 is 2.00 bits per heavy atom. The predicted molar refractivity (Wildman–Crippen MR) is 105 cm³/mol. The molecule has 13 heteroatoms. The zero-order valence-electron chi connectivity index (χ0n) is 14.3. The molecular weight excluding hydrogens is 430 g/mol.